The third-order valence-corrected chi connectivity index (χ3v) is 4.53. The first-order valence-electron chi connectivity index (χ1n) is 5.65. The van der Waals surface area contributed by atoms with Crippen LogP contribution in [0.3, 0.4) is 0 Å². The predicted octanol–water partition coefficient (Wildman–Crippen LogP) is 0.998. The summed E-state index contributed by atoms with van der Waals surface area (Å²) in [7, 11) is -0.943. The fourth-order valence-electron chi connectivity index (χ4n) is 1.45. The van der Waals surface area contributed by atoms with Crippen LogP contribution in [-0.4, -0.2) is 56.1 Å². The van der Waals surface area contributed by atoms with Crippen molar-refractivity contribution in [3.05, 3.63) is 0 Å². The Morgan fingerprint density at radius 2 is 1.80 bits per heavy atom. The lowest BCUT2D eigenvalue weighted by Crippen LogP contribution is -2.52. The summed E-state index contributed by atoms with van der Waals surface area (Å²) in [6.07, 6.45) is 0. The van der Waals surface area contributed by atoms with E-state index >= 15 is 0 Å². The number of rotatable bonds is 2. The van der Waals surface area contributed by atoms with Crippen molar-refractivity contribution in [3.63, 3.8) is 0 Å². The van der Waals surface area contributed by atoms with Crippen molar-refractivity contribution in [3.8, 4) is 0 Å². The third kappa shape index (κ3) is 4.09. The molecule has 0 N–H and O–H groups in total. The van der Waals surface area contributed by atoms with E-state index in [4.69, 9.17) is 0 Å². The molecule has 0 spiro atoms. The molecule has 0 aromatic carbocycles. The van der Waals surface area contributed by atoms with Crippen LogP contribution in [-0.2, 0) is 10.0 Å². The smallest absolute Gasteiger partial charge is 0.213 e. The van der Waals surface area contributed by atoms with E-state index in [0.717, 1.165) is 6.54 Å². The first kappa shape index (κ1) is 14.9. The number of hydrogen-bond donors (Lipinski definition) is 0. The molecule has 1 aliphatic rings. The van der Waals surface area contributed by atoms with Gasteiger partial charge in [-0.2, -0.15) is 4.31 Å². The molecular weight excluding hydrogens is 212 g/mol. The number of likely N-dealkylation sites (N-methyl/N-ethyl adjacent to an activating group) is 1. The second-order valence-electron chi connectivity index (χ2n) is 3.59. The SMILES string of the molecule is CC.CCS(=O)(=O)N1CCN(C)C(C)C1. The molecule has 92 valence electrons. The van der Waals surface area contributed by atoms with Crippen LogP contribution in [0.25, 0.3) is 0 Å². The Balaban J connectivity index is 0.000000921. The Morgan fingerprint density at radius 3 is 2.20 bits per heavy atom. The van der Waals surface area contributed by atoms with Crippen molar-refractivity contribution >= 4 is 10.0 Å². The van der Waals surface area contributed by atoms with Gasteiger partial charge in [-0.25, -0.2) is 8.42 Å². The summed E-state index contributed by atoms with van der Waals surface area (Å²) in [6, 6.07) is 0.329. The molecular formula is C10H24N2O2S. The predicted molar refractivity (Wildman–Crippen MR) is 64.5 cm³/mol. The van der Waals surface area contributed by atoms with Gasteiger partial charge in [-0.1, -0.05) is 13.8 Å². The lowest BCUT2D eigenvalue weighted by Gasteiger charge is -2.36. The summed E-state index contributed by atoms with van der Waals surface area (Å²) in [5, 5.41) is 0. The van der Waals surface area contributed by atoms with Crippen LogP contribution in [0.2, 0.25) is 0 Å². The molecule has 1 atom stereocenters. The van der Waals surface area contributed by atoms with E-state index in [1.165, 1.54) is 0 Å². The van der Waals surface area contributed by atoms with E-state index in [1.54, 1.807) is 11.2 Å². The number of sulfonamides is 1. The quantitative estimate of drug-likeness (QED) is 0.718. The van der Waals surface area contributed by atoms with Crippen LogP contribution in [0, 0.1) is 0 Å². The molecule has 1 fully saturated rings. The molecule has 1 saturated heterocycles. The zero-order valence-electron chi connectivity index (χ0n) is 10.5. The molecule has 0 radical (unpaired) electrons. The van der Waals surface area contributed by atoms with Crippen molar-refractivity contribution in [2.45, 2.75) is 33.7 Å². The van der Waals surface area contributed by atoms with E-state index < -0.39 is 10.0 Å². The van der Waals surface area contributed by atoms with E-state index in [2.05, 4.69) is 11.8 Å². The van der Waals surface area contributed by atoms with Crippen molar-refractivity contribution in [2.24, 2.45) is 0 Å². The Labute approximate surface area is 94.3 Å². The summed E-state index contributed by atoms with van der Waals surface area (Å²) in [5.41, 5.74) is 0. The van der Waals surface area contributed by atoms with Gasteiger partial charge in [0.15, 0.2) is 0 Å². The number of hydrogen-bond acceptors (Lipinski definition) is 3. The summed E-state index contributed by atoms with van der Waals surface area (Å²) in [4.78, 5) is 2.18. The topological polar surface area (TPSA) is 40.6 Å². The molecule has 1 aliphatic heterocycles. The van der Waals surface area contributed by atoms with Gasteiger partial charge in [0.2, 0.25) is 10.0 Å². The average molecular weight is 236 g/mol. The minimum atomic E-state index is -2.97. The minimum Gasteiger partial charge on any atom is -0.301 e. The molecule has 0 saturated carbocycles. The Hall–Kier alpha value is -0.130. The van der Waals surface area contributed by atoms with Gasteiger partial charge in [-0.05, 0) is 20.9 Å². The van der Waals surface area contributed by atoms with Gasteiger partial charge >= 0.3 is 0 Å². The zero-order chi connectivity index (χ0) is 12.1. The van der Waals surface area contributed by atoms with Gasteiger partial charge in [0.25, 0.3) is 0 Å². The molecule has 0 amide bonds. The van der Waals surface area contributed by atoms with E-state index in [1.807, 2.05) is 20.9 Å². The summed E-state index contributed by atoms with van der Waals surface area (Å²) in [5.74, 6) is 0.212. The summed E-state index contributed by atoms with van der Waals surface area (Å²) in [6.45, 7) is 9.85. The van der Waals surface area contributed by atoms with E-state index in [0.29, 0.717) is 19.1 Å². The fourth-order valence-corrected chi connectivity index (χ4v) is 2.62. The highest BCUT2D eigenvalue weighted by Crippen LogP contribution is 2.11. The summed E-state index contributed by atoms with van der Waals surface area (Å²) < 4.78 is 24.6. The number of piperazine rings is 1. The minimum absolute atomic E-state index is 0.212. The Morgan fingerprint density at radius 1 is 1.27 bits per heavy atom. The molecule has 0 aromatic heterocycles. The van der Waals surface area contributed by atoms with Gasteiger partial charge in [0.05, 0.1) is 5.75 Å². The van der Waals surface area contributed by atoms with Crippen molar-refractivity contribution < 1.29 is 8.42 Å². The standard InChI is InChI=1S/C8H18N2O2S.C2H6/c1-4-13(11,12)10-6-5-9(3)8(2)7-10;1-2/h8H,4-7H2,1-3H3;1-2H3. The maximum absolute atomic E-state index is 11.5. The zero-order valence-corrected chi connectivity index (χ0v) is 11.3. The largest absolute Gasteiger partial charge is 0.301 e. The van der Waals surface area contributed by atoms with Crippen LogP contribution in [0.4, 0.5) is 0 Å². The summed E-state index contributed by atoms with van der Waals surface area (Å²) >= 11 is 0. The lowest BCUT2D eigenvalue weighted by atomic mass is 10.2. The van der Waals surface area contributed by atoms with Gasteiger partial charge < -0.3 is 4.90 Å². The maximum Gasteiger partial charge on any atom is 0.213 e. The molecule has 0 bridgehead atoms. The number of nitrogens with zero attached hydrogens (tertiary/aromatic N) is 2. The molecule has 15 heavy (non-hydrogen) atoms. The van der Waals surface area contributed by atoms with Crippen LogP contribution < -0.4 is 0 Å². The fraction of sp³-hybridized carbons (Fsp3) is 1.00. The van der Waals surface area contributed by atoms with Gasteiger partial charge in [0, 0.05) is 25.7 Å². The second kappa shape index (κ2) is 6.45. The van der Waals surface area contributed by atoms with Crippen molar-refractivity contribution in [1.82, 2.24) is 9.21 Å². The average Bonchev–Trinajstić information content (AvgIpc) is 2.25. The Bertz CT molecular complexity index is 265. The van der Waals surface area contributed by atoms with E-state index in [9.17, 15) is 8.42 Å². The Kier molecular flexibility index (Phi) is 6.40. The van der Waals surface area contributed by atoms with Crippen LogP contribution >= 0.6 is 0 Å². The maximum atomic E-state index is 11.5. The highest BCUT2D eigenvalue weighted by atomic mass is 32.2. The van der Waals surface area contributed by atoms with Crippen LogP contribution in [0.1, 0.15) is 27.7 Å². The third-order valence-electron chi connectivity index (χ3n) is 2.68. The highest BCUT2D eigenvalue weighted by molar-refractivity contribution is 7.89. The van der Waals surface area contributed by atoms with Crippen molar-refractivity contribution in [1.29, 1.82) is 0 Å². The lowest BCUT2D eigenvalue weighted by molar-refractivity contribution is 0.160. The molecule has 1 rings (SSSR count). The van der Waals surface area contributed by atoms with Gasteiger partial charge in [-0.3, -0.25) is 0 Å². The molecule has 1 heterocycles. The first-order chi connectivity index (χ1) is 6.97. The van der Waals surface area contributed by atoms with Crippen LogP contribution in [0.15, 0.2) is 0 Å². The van der Waals surface area contributed by atoms with E-state index in [-0.39, 0.29) is 5.75 Å². The molecule has 1 unspecified atom stereocenters. The van der Waals surface area contributed by atoms with Gasteiger partial charge in [-0.15, -0.1) is 0 Å². The van der Waals surface area contributed by atoms with Crippen LogP contribution in [0.5, 0.6) is 0 Å². The first-order valence-corrected chi connectivity index (χ1v) is 7.26. The molecule has 0 aromatic rings. The molecule has 0 aliphatic carbocycles. The van der Waals surface area contributed by atoms with Crippen molar-refractivity contribution in [2.75, 3.05) is 32.4 Å². The highest BCUT2D eigenvalue weighted by Gasteiger charge is 2.27. The molecule has 5 heteroatoms. The van der Waals surface area contributed by atoms with Gasteiger partial charge in [0.1, 0.15) is 0 Å². The second-order valence-corrected chi connectivity index (χ2v) is 5.85. The normalized spacial score (nSPS) is 24.5. The molecule has 4 nitrogen and oxygen atoms in total. The monoisotopic (exact) mass is 236 g/mol.